The molecule has 4 rings (SSSR count). The Labute approximate surface area is 180 Å². The second-order valence-electron chi connectivity index (χ2n) is 7.47. The number of aromatic nitrogens is 3. The number of fused-ring (bicyclic) bond motifs is 1. The molecular formula is C22H25N5O2S. The van der Waals surface area contributed by atoms with Gasteiger partial charge in [-0.2, -0.15) is 5.10 Å². The normalized spacial score (nSPS) is 12.7. The van der Waals surface area contributed by atoms with Crippen LogP contribution in [0.5, 0.6) is 5.88 Å². The molecule has 156 valence electrons. The summed E-state index contributed by atoms with van der Waals surface area (Å²) in [5.74, 6) is 0.543. The molecule has 1 aromatic carbocycles. The molecule has 2 aromatic heterocycles. The molecular weight excluding hydrogens is 398 g/mol. The van der Waals surface area contributed by atoms with E-state index < -0.39 is 0 Å². The van der Waals surface area contributed by atoms with E-state index in [9.17, 15) is 4.79 Å². The van der Waals surface area contributed by atoms with Gasteiger partial charge in [-0.25, -0.2) is 9.78 Å². The highest BCUT2D eigenvalue weighted by Crippen LogP contribution is 2.38. The van der Waals surface area contributed by atoms with E-state index in [0.717, 1.165) is 41.0 Å². The summed E-state index contributed by atoms with van der Waals surface area (Å²) in [6.07, 6.45) is 8.47. The maximum atomic E-state index is 12.7. The molecule has 0 saturated carbocycles. The molecule has 0 saturated heterocycles. The number of amides is 2. The van der Waals surface area contributed by atoms with Crippen LogP contribution in [0.1, 0.15) is 37.4 Å². The second kappa shape index (κ2) is 8.79. The number of pyridine rings is 1. The van der Waals surface area contributed by atoms with Gasteiger partial charge in [-0.15, -0.1) is 0 Å². The smallest absolute Gasteiger partial charge is 0.329 e. The number of aryl methyl sites for hydroxylation is 1. The molecule has 30 heavy (non-hydrogen) atoms. The SMILES string of the molecule is COc1cc(-c2ccc3c(c2NC(=O)NSc2cnn(C(C)C)c2)CCC3)ccn1. The fourth-order valence-electron chi connectivity index (χ4n) is 3.64. The summed E-state index contributed by atoms with van der Waals surface area (Å²) in [6.45, 7) is 4.13. The van der Waals surface area contributed by atoms with Crippen molar-refractivity contribution in [3.8, 4) is 17.0 Å². The molecule has 0 bridgehead atoms. The molecule has 0 aliphatic heterocycles. The number of nitrogens with one attached hydrogen (secondary N) is 2. The van der Waals surface area contributed by atoms with E-state index in [-0.39, 0.29) is 12.1 Å². The Hall–Kier alpha value is -3.00. The third kappa shape index (κ3) is 4.28. The number of hydrogen-bond donors (Lipinski definition) is 2. The number of hydrogen-bond acceptors (Lipinski definition) is 5. The van der Waals surface area contributed by atoms with Crippen molar-refractivity contribution in [1.82, 2.24) is 19.5 Å². The van der Waals surface area contributed by atoms with Crippen molar-refractivity contribution < 1.29 is 9.53 Å². The van der Waals surface area contributed by atoms with Crippen molar-refractivity contribution in [3.63, 3.8) is 0 Å². The van der Waals surface area contributed by atoms with Crippen molar-refractivity contribution in [1.29, 1.82) is 0 Å². The van der Waals surface area contributed by atoms with Gasteiger partial charge in [0.25, 0.3) is 0 Å². The van der Waals surface area contributed by atoms with Gasteiger partial charge in [-0.05, 0) is 67.8 Å². The van der Waals surface area contributed by atoms with E-state index in [1.807, 2.05) is 23.0 Å². The van der Waals surface area contributed by atoms with E-state index in [0.29, 0.717) is 5.88 Å². The van der Waals surface area contributed by atoms with E-state index in [1.54, 1.807) is 19.5 Å². The topological polar surface area (TPSA) is 81.1 Å². The van der Waals surface area contributed by atoms with Crippen LogP contribution in [0.4, 0.5) is 10.5 Å². The monoisotopic (exact) mass is 423 g/mol. The largest absolute Gasteiger partial charge is 0.481 e. The molecule has 3 aromatic rings. The van der Waals surface area contributed by atoms with Crippen LogP contribution in [0.15, 0.2) is 47.8 Å². The quantitative estimate of drug-likeness (QED) is 0.554. The minimum Gasteiger partial charge on any atom is -0.481 e. The summed E-state index contributed by atoms with van der Waals surface area (Å²) < 4.78 is 10.0. The van der Waals surface area contributed by atoms with Crippen LogP contribution in [-0.2, 0) is 12.8 Å². The number of benzene rings is 1. The Balaban J connectivity index is 1.56. The molecule has 8 heteroatoms. The molecule has 7 nitrogen and oxygen atoms in total. The Morgan fingerprint density at radius 1 is 1.27 bits per heavy atom. The van der Waals surface area contributed by atoms with Crippen LogP contribution in [0.3, 0.4) is 0 Å². The Morgan fingerprint density at radius 2 is 2.13 bits per heavy atom. The van der Waals surface area contributed by atoms with Gasteiger partial charge >= 0.3 is 6.03 Å². The molecule has 1 aliphatic carbocycles. The lowest BCUT2D eigenvalue weighted by atomic mass is 9.98. The number of urea groups is 1. The highest BCUT2D eigenvalue weighted by atomic mass is 32.2. The van der Waals surface area contributed by atoms with Crippen LogP contribution >= 0.6 is 11.9 Å². The number of rotatable bonds is 6. The molecule has 2 N–H and O–H groups in total. The first kappa shape index (κ1) is 20.3. The van der Waals surface area contributed by atoms with Gasteiger partial charge in [0.05, 0.1) is 23.9 Å². The molecule has 0 atom stereocenters. The van der Waals surface area contributed by atoms with E-state index in [2.05, 4.69) is 46.1 Å². The average molecular weight is 424 g/mol. The Kier molecular flexibility index (Phi) is 5.94. The third-order valence-corrected chi connectivity index (χ3v) is 5.88. The summed E-state index contributed by atoms with van der Waals surface area (Å²) in [7, 11) is 1.60. The standard InChI is InChI=1S/C22H25N5O2S/c1-14(2)27-13-17(12-24-27)30-26-22(28)25-21-18-6-4-5-15(18)7-8-19(21)16-9-10-23-20(11-16)29-3/h7-14H,4-6H2,1-3H3,(H2,25,26,28). The summed E-state index contributed by atoms with van der Waals surface area (Å²) in [4.78, 5) is 17.8. The van der Waals surface area contributed by atoms with Crippen LogP contribution in [-0.4, -0.2) is 27.9 Å². The van der Waals surface area contributed by atoms with E-state index in [4.69, 9.17) is 4.74 Å². The maximum Gasteiger partial charge on any atom is 0.329 e. The lowest BCUT2D eigenvalue weighted by Crippen LogP contribution is -2.23. The second-order valence-corrected chi connectivity index (χ2v) is 8.35. The first-order valence-electron chi connectivity index (χ1n) is 9.98. The number of nitrogens with zero attached hydrogens (tertiary/aromatic N) is 3. The highest BCUT2D eigenvalue weighted by molar-refractivity contribution is 7.98. The number of ether oxygens (including phenoxy) is 1. The van der Waals surface area contributed by atoms with Crippen molar-refractivity contribution in [2.75, 3.05) is 12.4 Å². The Morgan fingerprint density at radius 3 is 2.90 bits per heavy atom. The number of methoxy groups -OCH3 is 1. The van der Waals surface area contributed by atoms with Gasteiger partial charge in [-0.1, -0.05) is 12.1 Å². The lowest BCUT2D eigenvalue weighted by molar-refractivity contribution is 0.257. The fourth-order valence-corrected chi connectivity index (χ4v) is 4.16. The van der Waals surface area contributed by atoms with Crippen LogP contribution in [0.25, 0.3) is 11.1 Å². The molecule has 0 spiro atoms. The van der Waals surface area contributed by atoms with Crippen molar-refractivity contribution in [2.24, 2.45) is 0 Å². The Bertz CT molecular complexity index is 1060. The summed E-state index contributed by atoms with van der Waals surface area (Å²) in [6, 6.07) is 8.04. The number of carbonyl (C=O) groups excluding carboxylic acids is 1. The summed E-state index contributed by atoms with van der Waals surface area (Å²) in [5.41, 5.74) is 5.27. The zero-order valence-corrected chi connectivity index (χ0v) is 18.1. The van der Waals surface area contributed by atoms with Crippen molar-refractivity contribution >= 4 is 23.7 Å². The van der Waals surface area contributed by atoms with Gasteiger partial charge in [0.1, 0.15) is 0 Å². The first-order valence-corrected chi connectivity index (χ1v) is 10.8. The lowest BCUT2D eigenvalue weighted by Gasteiger charge is -2.16. The molecule has 0 radical (unpaired) electrons. The number of anilines is 1. The predicted octanol–water partition coefficient (Wildman–Crippen LogP) is 4.85. The van der Waals surface area contributed by atoms with Crippen molar-refractivity contribution in [3.05, 3.63) is 54.0 Å². The van der Waals surface area contributed by atoms with Crippen LogP contribution in [0, 0.1) is 0 Å². The van der Waals surface area contributed by atoms with E-state index >= 15 is 0 Å². The molecule has 1 aliphatic rings. The van der Waals surface area contributed by atoms with Crippen molar-refractivity contribution in [2.45, 2.75) is 44.0 Å². The minimum absolute atomic E-state index is 0.264. The number of carbonyl (C=O) groups is 1. The minimum atomic E-state index is -0.264. The van der Waals surface area contributed by atoms with Gasteiger partial charge < -0.3 is 10.1 Å². The zero-order valence-electron chi connectivity index (χ0n) is 17.3. The zero-order chi connectivity index (χ0) is 21.1. The van der Waals surface area contributed by atoms with Gasteiger partial charge in [0.2, 0.25) is 5.88 Å². The molecule has 2 heterocycles. The average Bonchev–Trinajstić information content (AvgIpc) is 3.42. The molecule has 0 fully saturated rings. The first-order chi connectivity index (χ1) is 14.5. The van der Waals surface area contributed by atoms with Crippen LogP contribution in [0.2, 0.25) is 0 Å². The van der Waals surface area contributed by atoms with Gasteiger partial charge in [0.15, 0.2) is 0 Å². The highest BCUT2D eigenvalue weighted by Gasteiger charge is 2.21. The summed E-state index contributed by atoms with van der Waals surface area (Å²) in [5, 5.41) is 7.39. The summed E-state index contributed by atoms with van der Waals surface area (Å²) >= 11 is 1.25. The maximum absolute atomic E-state index is 12.7. The third-order valence-electron chi connectivity index (χ3n) is 5.14. The van der Waals surface area contributed by atoms with Gasteiger partial charge in [0, 0.05) is 30.1 Å². The molecule has 2 amide bonds. The van der Waals surface area contributed by atoms with E-state index in [1.165, 1.54) is 23.1 Å². The fraction of sp³-hybridized carbons (Fsp3) is 0.318. The van der Waals surface area contributed by atoms with Gasteiger partial charge in [-0.3, -0.25) is 9.40 Å². The van der Waals surface area contributed by atoms with Crippen LogP contribution < -0.4 is 14.8 Å². The predicted molar refractivity (Wildman–Crippen MR) is 119 cm³/mol. The molecule has 0 unspecified atom stereocenters.